The number of rotatable bonds is 6. The molecule has 4 heteroatoms. The summed E-state index contributed by atoms with van der Waals surface area (Å²) in [4.78, 5) is 0. The Morgan fingerprint density at radius 3 is 2.68 bits per heavy atom. The lowest BCUT2D eigenvalue weighted by atomic mass is 10.0. The van der Waals surface area contributed by atoms with Crippen molar-refractivity contribution in [1.82, 2.24) is 5.32 Å². The Labute approximate surface area is 122 Å². The molecule has 1 heterocycles. The van der Waals surface area contributed by atoms with Crippen LogP contribution in [0.4, 0.5) is 0 Å². The minimum absolute atomic E-state index is 0.332. The average molecular weight is 326 g/mol. The fraction of sp³-hybridized carbons (Fsp3) is 0.600. The number of benzene rings is 1. The van der Waals surface area contributed by atoms with Crippen molar-refractivity contribution in [3.05, 3.63) is 22.2 Å². The van der Waals surface area contributed by atoms with Crippen molar-refractivity contribution >= 4 is 15.9 Å². The van der Waals surface area contributed by atoms with Gasteiger partial charge in [-0.3, -0.25) is 0 Å². The van der Waals surface area contributed by atoms with Gasteiger partial charge in [-0.25, -0.2) is 0 Å². The van der Waals surface area contributed by atoms with E-state index < -0.39 is 0 Å². The predicted octanol–water partition coefficient (Wildman–Crippen LogP) is 3.85. The maximum absolute atomic E-state index is 5.42. The van der Waals surface area contributed by atoms with Crippen LogP contribution in [0.3, 0.4) is 0 Å². The molecular formula is C15H20BrNO2. The van der Waals surface area contributed by atoms with E-state index >= 15 is 0 Å². The Hall–Kier alpha value is -0.740. The summed E-state index contributed by atoms with van der Waals surface area (Å²) < 4.78 is 11.9. The summed E-state index contributed by atoms with van der Waals surface area (Å²) in [6.07, 6.45) is 5.41. The van der Waals surface area contributed by atoms with Gasteiger partial charge in [-0.05, 0) is 42.4 Å². The molecule has 0 saturated heterocycles. The largest absolute Gasteiger partial charge is 0.454 e. The lowest BCUT2D eigenvalue weighted by molar-refractivity contribution is 0.174. The van der Waals surface area contributed by atoms with E-state index in [0.29, 0.717) is 12.2 Å². The number of nitrogens with one attached hydrogen (secondary N) is 1. The quantitative estimate of drug-likeness (QED) is 0.861. The van der Waals surface area contributed by atoms with Gasteiger partial charge in [0.25, 0.3) is 0 Å². The molecule has 1 aromatic carbocycles. The zero-order valence-electron chi connectivity index (χ0n) is 11.3. The first-order chi connectivity index (χ1) is 9.22. The van der Waals surface area contributed by atoms with Crippen LogP contribution in [0.1, 0.15) is 38.2 Å². The highest BCUT2D eigenvalue weighted by Gasteiger charge is 2.40. The molecule has 3 rings (SSSR count). The fourth-order valence-electron chi connectivity index (χ4n) is 2.78. The van der Waals surface area contributed by atoms with Gasteiger partial charge in [-0.1, -0.05) is 29.3 Å². The van der Waals surface area contributed by atoms with Crippen LogP contribution < -0.4 is 14.8 Å². The molecule has 19 heavy (non-hydrogen) atoms. The molecule has 3 nitrogen and oxygen atoms in total. The second kappa shape index (κ2) is 5.33. The molecular weight excluding hydrogens is 306 g/mol. The summed E-state index contributed by atoms with van der Waals surface area (Å²) in [5.41, 5.74) is 1.83. The molecule has 0 radical (unpaired) electrons. The fourth-order valence-corrected chi connectivity index (χ4v) is 3.24. The molecule has 1 N–H and O–H groups in total. The van der Waals surface area contributed by atoms with Crippen LogP contribution in [-0.2, 0) is 6.54 Å². The normalized spacial score (nSPS) is 18.6. The number of hydrogen-bond acceptors (Lipinski definition) is 3. The first-order valence-corrected chi connectivity index (χ1v) is 7.80. The van der Waals surface area contributed by atoms with Crippen molar-refractivity contribution < 1.29 is 9.47 Å². The summed E-state index contributed by atoms with van der Waals surface area (Å²) in [5, 5.41) is 3.59. The second-order valence-electron chi connectivity index (χ2n) is 5.65. The molecule has 1 aliphatic carbocycles. The zero-order valence-corrected chi connectivity index (χ0v) is 12.9. The molecule has 104 valence electrons. The Kier molecular flexibility index (Phi) is 3.72. The number of hydrogen-bond donors (Lipinski definition) is 1. The average Bonchev–Trinajstić information content (AvgIpc) is 2.99. The number of ether oxygens (including phenoxy) is 2. The summed E-state index contributed by atoms with van der Waals surface area (Å²) >= 11 is 3.60. The Bertz CT molecular complexity index is 471. The zero-order chi connectivity index (χ0) is 13.3. The van der Waals surface area contributed by atoms with Crippen molar-refractivity contribution in [1.29, 1.82) is 0 Å². The molecule has 0 atom stereocenters. The van der Waals surface area contributed by atoms with Gasteiger partial charge >= 0.3 is 0 Å². The molecule has 1 aromatic rings. The van der Waals surface area contributed by atoms with Gasteiger partial charge in [0.05, 0.1) is 0 Å². The standard InChI is InChI=1S/C15H20BrNO2/c1-2-3-15(4-5-15)9-17-8-11-6-13-14(7-12(11)16)19-10-18-13/h6-7,17H,2-5,8-10H2,1H3. The van der Waals surface area contributed by atoms with Crippen molar-refractivity contribution in [3.8, 4) is 11.5 Å². The first-order valence-electron chi connectivity index (χ1n) is 7.01. The smallest absolute Gasteiger partial charge is 0.231 e. The Balaban J connectivity index is 1.58. The highest BCUT2D eigenvalue weighted by atomic mass is 79.9. The monoisotopic (exact) mass is 325 g/mol. The molecule has 0 amide bonds. The van der Waals surface area contributed by atoms with E-state index in [-0.39, 0.29) is 0 Å². The summed E-state index contributed by atoms with van der Waals surface area (Å²) in [5.74, 6) is 1.69. The third-order valence-corrected chi connectivity index (χ3v) is 4.83. The first kappa shape index (κ1) is 13.3. The number of halogens is 1. The van der Waals surface area contributed by atoms with E-state index in [9.17, 15) is 0 Å². The van der Waals surface area contributed by atoms with Crippen molar-refractivity contribution in [3.63, 3.8) is 0 Å². The van der Waals surface area contributed by atoms with E-state index in [2.05, 4.69) is 34.2 Å². The van der Waals surface area contributed by atoms with Crippen molar-refractivity contribution in [2.45, 2.75) is 39.2 Å². The van der Waals surface area contributed by atoms with Gasteiger partial charge in [0.1, 0.15) is 0 Å². The molecule has 0 spiro atoms. The van der Waals surface area contributed by atoms with Crippen LogP contribution in [0.5, 0.6) is 11.5 Å². The number of fused-ring (bicyclic) bond motifs is 1. The van der Waals surface area contributed by atoms with E-state index in [1.54, 1.807) is 0 Å². The maximum atomic E-state index is 5.42. The van der Waals surface area contributed by atoms with Gasteiger partial charge in [0.15, 0.2) is 11.5 Å². The highest BCUT2D eigenvalue weighted by Crippen LogP contribution is 2.49. The second-order valence-corrected chi connectivity index (χ2v) is 6.50. The van der Waals surface area contributed by atoms with E-state index in [4.69, 9.17) is 9.47 Å². The van der Waals surface area contributed by atoms with Crippen LogP contribution in [0.15, 0.2) is 16.6 Å². The third kappa shape index (κ3) is 2.90. The molecule has 0 bridgehead atoms. The van der Waals surface area contributed by atoms with Gasteiger partial charge in [0.2, 0.25) is 6.79 Å². The summed E-state index contributed by atoms with van der Waals surface area (Å²) in [6.45, 7) is 4.61. The Morgan fingerprint density at radius 1 is 1.26 bits per heavy atom. The van der Waals surface area contributed by atoms with E-state index in [0.717, 1.165) is 29.1 Å². The van der Waals surface area contributed by atoms with E-state index in [1.807, 2.05) is 6.07 Å². The lowest BCUT2D eigenvalue weighted by Gasteiger charge is -2.15. The topological polar surface area (TPSA) is 30.5 Å². The predicted molar refractivity (Wildman–Crippen MR) is 78.5 cm³/mol. The minimum atomic E-state index is 0.332. The van der Waals surface area contributed by atoms with Gasteiger partial charge < -0.3 is 14.8 Å². The summed E-state index contributed by atoms with van der Waals surface area (Å²) in [6, 6.07) is 4.07. The van der Waals surface area contributed by atoms with Gasteiger partial charge in [-0.2, -0.15) is 0 Å². The lowest BCUT2D eigenvalue weighted by Crippen LogP contribution is -2.23. The third-order valence-electron chi connectivity index (χ3n) is 4.09. The summed E-state index contributed by atoms with van der Waals surface area (Å²) in [7, 11) is 0. The van der Waals surface area contributed by atoms with Crippen LogP contribution in [0, 0.1) is 5.41 Å². The SMILES string of the molecule is CCCC1(CNCc2cc3c(cc2Br)OCO3)CC1. The van der Waals surface area contributed by atoms with Crippen molar-refractivity contribution in [2.24, 2.45) is 5.41 Å². The Morgan fingerprint density at radius 2 is 2.00 bits per heavy atom. The molecule has 0 aromatic heterocycles. The highest BCUT2D eigenvalue weighted by molar-refractivity contribution is 9.10. The van der Waals surface area contributed by atoms with Crippen LogP contribution in [0.25, 0.3) is 0 Å². The van der Waals surface area contributed by atoms with Crippen LogP contribution >= 0.6 is 15.9 Å². The molecule has 0 unspecified atom stereocenters. The minimum Gasteiger partial charge on any atom is -0.454 e. The van der Waals surface area contributed by atoms with E-state index in [1.165, 1.54) is 31.2 Å². The maximum Gasteiger partial charge on any atom is 0.231 e. The molecule has 1 saturated carbocycles. The molecule has 2 aliphatic rings. The van der Waals surface area contributed by atoms with Gasteiger partial charge in [0, 0.05) is 17.6 Å². The van der Waals surface area contributed by atoms with Gasteiger partial charge in [-0.15, -0.1) is 0 Å². The molecule has 1 aliphatic heterocycles. The van der Waals surface area contributed by atoms with Crippen LogP contribution in [-0.4, -0.2) is 13.3 Å². The van der Waals surface area contributed by atoms with Crippen LogP contribution in [0.2, 0.25) is 0 Å². The molecule has 1 fully saturated rings. The van der Waals surface area contributed by atoms with Crippen molar-refractivity contribution in [2.75, 3.05) is 13.3 Å².